The summed E-state index contributed by atoms with van der Waals surface area (Å²) in [5, 5.41) is 2.73. The van der Waals surface area contributed by atoms with E-state index < -0.39 is 11.5 Å². The van der Waals surface area contributed by atoms with Crippen molar-refractivity contribution in [2.24, 2.45) is 5.92 Å². The molecule has 5 nitrogen and oxygen atoms in total. The average molecular weight is 290 g/mol. The highest BCUT2D eigenvalue weighted by Gasteiger charge is 2.25. The van der Waals surface area contributed by atoms with E-state index in [0.717, 1.165) is 19.3 Å². The van der Waals surface area contributed by atoms with E-state index in [4.69, 9.17) is 0 Å². The Morgan fingerprint density at radius 1 is 1.33 bits per heavy atom. The minimum Gasteiger partial charge on any atom is -0.352 e. The molecule has 21 heavy (non-hydrogen) atoms. The quantitative estimate of drug-likeness (QED) is 0.815. The molecule has 0 saturated heterocycles. The number of aromatic amines is 1. The van der Waals surface area contributed by atoms with Crippen molar-refractivity contribution >= 4 is 11.7 Å². The number of rotatable bonds is 5. The van der Waals surface area contributed by atoms with E-state index in [1.165, 1.54) is 6.07 Å². The Balaban J connectivity index is 2.18. The van der Waals surface area contributed by atoms with E-state index in [2.05, 4.69) is 17.2 Å². The molecule has 114 valence electrons. The molecule has 1 aromatic heterocycles. The smallest absolute Gasteiger partial charge is 0.261 e. The number of nitrogens with one attached hydrogen (secondary N) is 2. The molecule has 0 spiro atoms. The van der Waals surface area contributed by atoms with Gasteiger partial charge < -0.3 is 10.3 Å². The average Bonchev–Trinajstić information content (AvgIpc) is 2.42. The van der Waals surface area contributed by atoms with Gasteiger partial charge in [-0.2, -0.15) is 0 Å². The Morgan fingerprint density at radius 3 is 2.81 bits per heavy atom. The van der Waals surface area contributed by atoms with Crippen LogP contribution in [-0.2, 0) is 6.42 Å². The number of Topliss-reactive ketones (excluding diaryl/α,β-unsaturated/α-hetero) is 1. The molecule has 0 radical (unpaired) electrons. The lowest BCUT2D eigenvalue weighted by atomic mass is 9.86. The van der Waals surface area contributed by atoms with Crippen LogP contribution in [0.25, 0.3) is 0 Å². The van der Waals surface area contributed by atoms with Gasteiger partial charge >= 0.3 is 0 Å². The Labute approximate surface area is 124 Å². The number of carbonyl (C=O) groups excluding carboxylic acids is 2. The van der Waals surface area contributed by atoms with Crippen LogP contribution < -0.4 is 10.9 Å². The molecule has 1 heterocycles. The summed E-state index contributed by atoms with van der Waals surface area (Å²) in [6, 6.07) is 1.46. The number of unbranched alkanes of at least 4 members (excludes halogenated alkanes) is 2. The van der Waals surface area contributed by atoms with Crippen LogP contribution in [0.2, 0.25) is 0 Å². The van der Waals surface area contributed by atoms with E-state index in [1.54, 1.807) is 0 Å². The van der Waals surface area contributed by atoms with Crippen molar-refractivity contribution in [3.8, 4) is 0 Å². The molecule has 0 fully saturated rings. The topological polar surface area (TPSA) is 79.0 Å². The predicted molar refractivity (Wildman–Crippen MR) is 80.7 cm³/mol. The lowest BCUT2D eigenvalue weighted by molar-refractivity contribution is 0.0950. The maximum Gasteiger partial charge on any atom is 0.261 e. The van der Waals surface area contributed by atoms with Crippen LogP contribution in [0.5, 0.6) is 0 Å². The molecule has 1 aromatic rings. The molecule has 2 N–H and O–H groups in total. The number of amides is 1. The zero-order valence-corrected chi connectivity index (χ0v) is 12.6. The number of carbonyl (C=O) groups is 2. The highest BCUT2D eigenvalue weighted by molar-refractivity contribution is 6.01. The molecule has 1 aliphatic carbocycles. The van der Waals surface area contributed by atoms with E-state index >= 15 is 0 Å². The third-order valence-corrected chi connectivity index (χ3v) is 3.82. The first-order valence-electron chi connectivity index (χ1n) is 7.60. The fraction of sp³-hybridized carbons (Fsp3) is 0.562. The second-order valence-corrected chi connectivity index (χ2v) is 5.80. The van der Waals surface area contributed by atoms with Crippen LogP contribution >= 0.6 is 0 Å². The third kappa shape index (κ3) is 3.60. The summed E-state index contributed by atoms with van der Waals surface area (Å²) >= 11 is 0. The van der Waals surface area contributed by atoms with Gasteiger partial charge in [-0.05, 0) is 24.8 Å². The molecule has 1 aliphatic rings. The maximum atomic E-state index is 12.0. The van der Waals surface area contributed by atoms with Crippen molar-refractivity contribution in [1.82, 2.24) is 10.3 Å². The van der Waals surface area contributed by atoms with Gasteiger partial charge in [0.15, 0.2) is 5.78 Å². The molecule has 5 heteroatoms. The lowest BCUT2D eigenvalue weighted by Crippen LogP contribution is -2.33. The van der Waals surface area contributed by atoms with Crippen LogP contribution in [0.3, 0.4) is 0 Å². The SMILES string of the molecule is CCCCCNC(=O)c1cc2c([nH]c1=O)CC(C)CC2=O. The highest BCUT2D eigenvalue weighted by atomic mass is 16.2. The molecule has 1 amide bonds. The second-order valence-electron chi connectivity index (χ2n) is 5.80. The van der Waals surface area contributed by atoms with Crippen LogP contribution in [-0.4, -0.2) is 23.2 Å². The molecule has 1 unspecified atom stereocenters. The van der Waals surface area contributed by atoms with Crippen LogP contribution in [0, 0.1) is 5.92 Å². The van der Waals surface area contributed by atoms with Gasteiger partial charge in [0.25, 0.3) is 11.5 Å². The van der Waals surface area contributed by atoms with Gasteiger partial charge in [0.2, 0.25) is 0 Å². The Hall–Kier alpha value is -1.91. The molecule has 0 aromatic carbocycles. The molecular weight excluding hydrogens is 268 g/mol. The Kier molecular flexibility index (Phi) is 4.94. The van der Waals surface area contributed by atoms with Gasteiger partial charge in [0.1, 0.15) is 5.56 Å². The number of pyridine rings is 1. The summed E-state index contributed by atoms with van der Waals surface area (Å²) in [6.07, 6.45) is 4.14. The number of ketones is 1. The number of hydrogen-bond acceptors (Lipinski definition) is 3. The van der Waals surface area contributed by atoms with Gasteiger partial charge in [-0.3, -0.25) is 14.4 Å². The van der Waals surface area contributed by atoms with Gasteiger partial charge in [-0.25, -0.2) is 0 Å². The summed E-state index contributed by atoms with van der Waals surface area (Å²) in [4.78, 5) is 38.8. The van der Waals surface area contributed by atoms with Crippen LogP contribution in [0.15, 0.2) is 10.9 Å². The maximum absolute atomic E-state index is 12.0. The summed E-state index contributed by atoms with van der Waals surface area (Å²) in [6.45, 7) is 4.62. The summed E-state index contributed by atoms with van der Waals surface area (Å²) < 4.78 is 0. The molecule has 1 atom stereocenters. The van der Waals surface area contributed by atoms with E-state index in [9.17, 15) is 14.4 Å². The van der Waals surface area contributed by atoms with Crippen molar-refractivity contribution in [1.29, 1.82) is 0 Å². The fourth-order valence-corrected chi connectivity index (χ4v) is 2.67. The minimum absolute atomic E-state index is 0.0000305. The summed E-state index contributed by atoms with van der Waals surface area (Å²) in [5.41, 5.74) is 0.773. The Bertz CT molecular complexity index is 604. The number of H-pyrrole nitrogens is 1. The van der Waals surface area contributed by atoms with Gasteiger partial charge in [0.05, 0.1) is 0 Å². The van der Waals surface area contributed by atoms with Crippen LogP contribution in [0.4, 0.5) is 0 Å². The zero-order valence-electron chi connectivity index (χ0n) is 12.6. The van der Waals surface area contributed by atoms with Gasteiger partial charge in [0, 0.05) is 24.2 Å². The molecular formula is C16H22N2O3. The number of hydrogen-bond donors (Lipinski definition) is 2. The van der Waals surface area contributed by atoms with Crippen molar-refractivity contribution < 1.29 is 9.59 Å². The normalized spacial score (nSPS) is 17.4. The van der Waals surface area contributed by atoms with Crippen molar-refractivity contribution in [2.75, 3.05) is 6.54 Å². The summed E-state index contributed by atoms with van der Waals surface area (Å²) in [7, 11) is 0. The first-order chi connectivity index (χ1) is 10.0. The highest BCUT2D eigenvalue weighted by Crippen LogP contribution is 2.23. The second kappa shape index (κ2) is 6.70. The minimum atomic E-state index is -0.413. The molecule has 0 bridgehead atoms. The zero-order chi connectivity index (χ0) is 15.4. The van der Waals surface area contributed by atoms with Crippen molar-refractivity contribution in [3.05, 3.63) is 33.2 Å². The molecule has 0 saturated carbocycles. The molecule has 2 rings (SSSR count). The van der Waals surface area contributed by atoms with Crippen molar-refractivity contribution in [2.45, 2.75) is 46.0 Å². The van der Waals surface area contributed by atoms with E-state index in [1.807, 2.05) is 6.92 Å². The fourth-order valence-electron chi connectivity index (χ4n) is 2.67. The summed E-state index contributed by atoms with van der Waals surface area (Å²) in [5.74, 6) is -0.170. The standard InChI is InChI=1S/C16H22N2O3/c1-3-4-5-6-17-15(20)12-9-11-13(18-16(12)21)7-10(2)8-14(11)19/h9-10H,3-8H2,1-2H3,(H,17,20)(H,18,21). The first-order valence-corrected chi connectivity index (χ1v) is 7.60. The van der Waals surface area contributed by atoms with Crippen molar-refractivity contribution in [3.63, 3.8) is 0 Å². The largest absolute Gasteiger partial charge is 0.352 e. The number of aromatic nitrogens is 1. The first kappa shape index (κ1) is 15.5. The van der Waals surface area contributed by atoms with Crippen LogP contribution in [0.1, 0.15) is 65.9 Å². The van der Waals surface area contributed by atoms with E-state index in [-0.39, 0.29) is 17.3 Å². The molecule has 0 aliphatic heterocycles. The lowest BCUT2D eigenvalue weighted by Gasteiger charge is -2.20. The third-order valence-electron chi connectivity index (χ3n) is 3.82. The monoisotopic (exact) mass is 290 g/mol. The van der Waals surface area contributed by atoms with E-state index in [0.29, 0.717) is 30.6 Å². The van der Waals surface area contributed by atoms with Gasteiger partial charge in [-0.1, -0.05) is 26.7 Å². The van der Waals surface area contributed by atoms with Gasteiger partial charge in [-0.15, -0.1) is 0 Å². The Morgan fingerprint density at radius 2 is 2.10 bits per heavy atom. The predicted octanol–water partition coefficient (Wildman–Crippen LogP) is 2.06. The number of fused-ring (bicyclic) bond motifs is 1.